The monoisotopic (exact) mass is 390 g/mol. The molecule has 0 radical (unpaired) electrons. The highest BCUT2D eigenvalue weighted by atomic mass is 32.1. The summed E-state index contributed by atoms with van der Waals surface area (Å²) in [6.45, 7) is 5.61. The molecule has 1 aromatic carbocycles. The minimum atomic E-state index is -0.200. The number of carbonyl (C=O) groups is 1. The highest BCUT2D eigenvalue weighted by Gasteiger charge is 2.17. The summed E-state index contributed by atoms with van der Waals surface area (Å²) in [5.41, 5.74) is 3.77. The molecule has 0 bridgehead atoms. The second kappa shape index (κ2) is 7.36. The molecule has 140 valence electrons. The largest absolute Gasteiger partial charge is 0.441 e. The van der Waals surface area contributed by atoms with Crippen molar-refractivity contribution in [2.45, 2.75) is 20.8 Å². The van der Waals surface area contributed by atoms with E-state index in [0.29, 0.717) is 22.1 Å². The average molecular weight is 390 g/mol. The maximum Gasteiger partial charge on any atom is 0.267 e. The third-order valence-electron chi connectivity index (χ3n) is 4.28. The van der Waals surface area contributed by atoms with Crippen LogP contribution in [-0.2, 0) is 0 Å². The van der Waals surface area contributed by atoms with Crippen LogP contribution in [0.4, 0.5) is 5.69 Å². The van der Waals surface area contributed by atoms with Crippen molar-refractivity contribution in [3.05, 3.63) is 70.7 Å². The Balaban J connectivity index is 1.57. The number of thiazole rings is 1. The van der Waals surface area contributed by atoms with Gasteiger partial charge in [-0.1, -0.05) is 12.1 Å². The van der Waals surface area contributed by atoms with Crippen molar-refractivity contribution in [1.29, 1.82) is 0 Å². The number of amides is 1. The number of benzene rings is 1. The van der Waals surface area contributed by atoms with Gasteiger partial charge in [0.2, 0.25) is 5.89 Å². The summed E-state index contributed by atoms with van der Waals surface area (Å²) in [5, 5.41) is 3.66. The van der Waals surface area contributed by atoms with E-state index in [1.807, 2.05) is 63.2 Å². The highest BCUT2D eigenvalue weighted by molar-refractivity contribution is 7.17. The highest BCUT2D eigenvalue weighted by Crippen LogP contribution is 2.28. The van der Waals surface area contributed by atoms with Gasteiger partial charge >= 0.3 is 0 Å². The lowest BCUT2D eigenvalue weighted by molar-refractivity contribution is 0.103. The van der Waals surface area contributed by atoms with E-state index in [4.69, 9.17) is 4.42 Å². The van der Waals surface area contributed by atoms with Crippen LogP contribution in [0.3, 0.4) is 0 Å². The van der Waals surface area contributed by atoms with Crippen LogP contribution in [0.5, 0.6) is 0 Å². The summed E-state index contributed by atoms with van der Waals surface area (Å²) in [7, 11) is 0. The normalized spacial score (nSPS) is 10.8. The summed E-state index contributed by atoms with van der Waals surface area (Å²) in [6, 6.07) is 13.1. The zero-order chi connectivity index (χ0) is 19.7. The third-order valence-corrected chi connectivity index (χ3v) is 5.46. The van der Waals surface area contributed by atoms with E-state index >= 15 is 0 Å². The molecule has 28 heavy (non-hydrogen) atoms. The number of aryl methyl sites for hydroxylation is 3. The molecule has 1 amide bonds. The summed E-state index contributed by atoms with van der Waals surface area (Å²) in [4.78, 5) is 26.6. The fourth-order valence-corrected chi connectivity index (χ4v) is 3.66. The molecular weight excluding hydrogens is 372 g/mol. The molecule has 6 nitrogen and oxygen atoms in total. The van der Waals surface area contributed by atoms with E-state index < -0.39 is 0 Å². The molecule has 3 heterocycles. The molecule has 0 fully saturated rings. The van der Waals surface area contributed by atoms with Crippen molar-refractivity contribution in [3.8, 4) is 22.2 Å². The SMILES string of the molecule is Cc1nc(-c2cccc(NC(=O)c3sc(-c4ccccn4)nc3C)c2)oc1C. The molecule has 0 atom stereocenters. The molecule has 0 aliphatic heterocycles. The smallest absolute Gasteiger partial charge is 0.267 e. The average Bonchev–Trinajstić information content (AvgIpc) is 3.25. The van der Waals surface area contributed by atoms with E-state index in [1.54, 1.807) is 6.20 Å². The molecule has 4 rings (SSSR count). The van der Waals surface area contributed by atoms with E-state index in [2.05, 4.69) is 20.3 Å². The van der Waals surface area contributed by atoms with Gasteiger partial charge in [-0.25, -0.2) is 9.97 Å². The number of carbonyl (C=O) groups excluding carboxylic acids is 1. The van der Waals surface area contributed by atoms with Crippen molar-refractivity contribution in [3.63, 3.8) is 0 Å². The van der Waals surface area contributed by atoms with Crippen LogP contribution in [-0.4, -0.2) is 20.9 Å². The molecule has 1 N–H and O–H groups in total. The number of hydrogen-bond acceptors (Lipinski definition) is 6. The fraction of sp³-hybridized carbons (Fsp3) is 0.143. The van der Waals surface area contributed by atoms with Gasteiger partial charge in [-0.15, -0.1) is 11.3 Å². The number of pyridine rings is 1. The van der Waals surface area contributed by atoms with Crippen molar-refractivity contribution in [2.24, 2.45) is 0 Å². The first kappa shape index (κ1) is 18.1. The van der Waals surface area contributed by atoms with E-state index in [9.17, 15) is 4.79 Å². The van der Waals surface area contributed by atoms with Gasteiger partial charge in [0, 0.05) is 17.4 Å². The number of nitrogens with one attached hydrogen (secondary N) is 1. The van der Waals surface area contributed by atoms with Gasteiger partial charge in [0.15, 0.2) is 0 Å². The molecule has 0 unspecified atom stereocenters. The van der Waals surface area contributed by atoms with Crippen LogP contribution in [0.25, 0.3) is 22.2 Å². The zero-order valence-corrected chi connectivity index (χ0v) is 16.5. The van der Waals surface area contributed by atoms with Gasteiger partial charge in [0.25, 0.3) is 5.91 Å². The van der Waals surface area contributed by atoms with Crippen LogP contribution >= 0.6 is 11.3 Å². The Morgan fingerprint density at radius 2 is 1.89 bits per heavy atom. The molecule has 4 aromatic rings. The van der Waals surface area contributed by atoms with Gasteiger partial charge in [-0.05, 0) is 51.1 Å². The Morgan fingerprint density at radius 3 is 2.61 bits per heavy atom. The van der Waals surface area contributed by atoms with E-state index in [0.717, 1.165) is 27.7 Å². The minimum Gasteiger partial charge on any atom is -0.441 e. The topological polar surface area (TPSA) is 80.9 Å². The molecule has 3 aromatic heterocycles. The summed E-state index contributed by atoms with van der Waals surface area (Å²) >= 11 is 1.33. The lowest BCUT2D eigenvalue weighted by Gasteiger charge is -2.05. The molecule has 0 aliphatic carbocycles. The maximum atomic E-state index is 12.8. The predicted molar refractivity (Wildman–Crippen MR) is 109 cm³/mol. The number of rotatable bonds is 4. The maximum absolute atomic E-state index is 12.8. The Bertz CT molecular complexity index is 1130. The second-order valence-electron chi connectivity index (χ2n) is 6.34. The van der Waals surface area contributed by atoms with Gasteiger partial charge in [-0.3, -0.25) is 9.78 Å². The molecule has 0 saturated carbocycles. The first-order valence-electron chi connectivity index (χ1n) is 8.76. The van der Waals surface area contributed by atoms with Crippen molar-refractivity contribution in [1.82, 2.24) is 15.0 Å². The predicted octanol–water partition coefficient (Wildman–Crippen LogP) is 5.04. The van der Waals surface area contributed by atoms with Crippen LogP contribution in [0, 0.1) is 20.8 Å². The Morgan fingerprint density at radius 1 is 1.04 bits per heavy atom. The Hall–Kier alpha value is -3.32. The fourth-order valence-electron chi connectivity index (χ4n) is 2.72. The van der Waals surface area contributed by atoms with Crippen LogP contribution in [0.2, 0.25) is 0 Å². The number of anilines is 1. The Kier molecular flexibility index (Phi) is 4.75. The van der Waals surface area contributed by atoms with E-state index in [1.165, 1.54) is 11.3 Å². The number of aromatic nitrogens is 3. The number of nitrogens with zero attached hydrogens (tertiary/aromatic N) is 3. The Labute approximate surface area is 166 Å². The van der Waals surface area contributed by atoms with Gasteiger partial charge in [0.1, 0.15) is 15.6 Å². The quantitative estimate of drug-likeness (QED) is 0.528. The third kappa shape index (κ3) is 3.57. The van der Waals surface area contributed by atoms with Crippen molar-refractivity contribution in [2.75, 3.05) is 5.32 Å². The van der Waals surface area contributed by atoms with Gasteiger partial charge in [0.05, 0.1) is 17.1 Å². The van der Waals surface area contributed by atoms with Crippen molar-refractivity contribution >= 4 is 22.9 Å². The lowest BCUT2D eigenvalue weighted by atomic mass is 10.2. The summed E-state index contributed by atoms with van der Waals surface area (Å²) in [5.74, 6) is 1.12. The number of hydrogen-bond donors (Lipinski definition) is 1. The van der Waals surface area contributed by atoms with Crippen LogP contribution in [0.1, 0.15) is 26.8 Å². The van der Waals surface area contributed by atoms with E-state index in [-0.39, 0.29) is 5.91 Å². The minimum absolute atomic E-state index is 0.200. The first-order chi connectivity index (χ1) is 13.5. The van der Waals surface area contributed by atoms with Crippen LogP contribution < -0.4 is 5.32 Å². The van der Waals surface area contributed by atoms with Gasteiger partial charge < -0.3 is 9.73 Å². The molecule has 7 heteroatoms. The molecule has 0 saturated heterocycles. The standard InChI is InChI=1S/C21H18N4O2S/c1-12-14(3)27-20(23-12)15-7-6-8-16(11-15)25-19(26)18-13(2)24-21(28-18)17-9-4-5-10-22-17/h4-11H,1-3H3,(H,25,26). The molecule has 0 aliphatic rings. The summed E-state index contributed by atoms with van der Waals surface area (Å²) in [6.07, 6.45) is 1.71. The zero-order valence-electron chi connectivity index (χ0n) is 15.7. The van der Waals surface area contributed by atoms with Gasteiger partial charge in [-0.2, -0.15) is 0 Å². The lowest BCUT2D eigenvalue weighted by Crippen LogP contribution is -2.11. The number of oxazole rings is 1. The summed E-state index contributed by atoms with van der Waals surface area (Å²) < 4.78 is 5.68. The first-order valence-corrected chi connectivity index (χ1v) is 9.57. The molecule has 0 spiro atoms. The molecular formula is C21H18N4O2S. The van der Waals surface area contributed by atoms with Crippen molar-refractivity contribution < 1.29 is 9.21 Å². The van der Waals surface area contributed by atoms with Crippen LogP contribution in [0.15, 0.2) is 53.1 Å². The second-order valence-corrected chi connectivity index (χ2v) is 7.34.